The summed E-state index contributed by atoms with van der Waals surface area (Å²) in [5.74, 6) is -0.960. The van der Waals surface area contributed by atoms with E-state index in [0.717, 1.165) is 17.7 Å². The van der Waals surface area contributed by atoms with Crippen molar-refractivity contribution in [2.75, 3.05) is 0 Å². The second-order valence-electron chi connectivity index (χ2n) is 4.68. The van der Waals surface area contributed by atoms with Gasteiger partial charge in [0.15, 0.2) is 0 Å². The molecule has 0 fully saturated rings. The fourth-order valence-corrected chi connectivity index (χ4v) is 2.12. The molecule has 21 heavy (non-hydrogen) atoms. The molecule has 0 saturated heterocycles. The average Bonchev–Trinajstić information content (AvgIpc) is 2.38. The predicted molar refractivity (Wildman–Crippen MR) is 81.8 cm³/mol. The van der Waals surface area contributed by atoms with Gasteiger partial charge in [0.05, 0.1) is 17.7 Å². The maximum Gasteiger partial charge on any atom is 0.127 e. The summed E-state index contributed by atoms with van der Waals surface area (Å²) in [6.45, 7) is 0. The van der Waals surface area contributed by atoms with Gasteiger partial charge in [-0.15, -0.1) is 12.4 Å². The van der Waals surface area contributed by atoms with Crippen molar-refractivity contribution in [2.45, 2.75) is 18.6 Å². The number of aliphatic hydroxyl groups is 1. The lowest BCUT2D eigenvalue weighted by molar-refractivity contribution is 0.142. The van der Waals surface area contributed by atoms with E-state index in [-0.39, 0.29) is 35.2 Å². The molecule has 2 aromatic carbocycles. The molecule has 0 radical (unpaired) electrons. The van der Waals surface area contributed by atoms with Crippen LogP contribution in [-0.4, -0.2) is 26.5 Å². The molecule has 0 saturated carbocycles. The summed E-state index contributed by atoms with van der Waals surface area (Å²) in [4.78, 5) is 0. The van der Waals surface area contributed by atoms with E-state index in [4.69, 9.17) is 5.73 Å². The van der Waals surface area contributed by atoms with Crippen molar-refractivity contribution in [3.05, 3.63) is 53.6 Å². The van der Waals surface area contributed by atoms with Crippen LogP contribution in [0.5, 0.6) is 17.2 Å². The number of hydrogen-bond acceptors (Lipinski definition) is 5. The molecule has 0 aromatic heterocycles. The fraction of sp³-hybridized carbons (Fsp3) is 0.200. The lowest BCUT2D eigenvalue weighted by atomic mass is 9.95. The highest BCUT2D eigenvalue weighted by atomic mass is 35.5. The molecule has 0 spiro atoms. The minimum Gasteiger partial charge on any atom is -0.508 e. The highest BCUT2D eigenvalue weighted by molar-refractivity contribution is 5.85. The van der Waals surface area contributed by atoms with E-state index in [9.17, 15) is 20.4 Å². The van der Waals surface area contributed by atoms with Gasteiger partial charge in [-0.1, -0.05) is 30.3 Å². The fourth-order valence-electron chi connectivity index (χ4n) is 2.12. The van der Waals surface area contributed by atoms with E-state index in [0.29, 0.717) is 6.42 Å². The van der Waals surface area contributed by atoms with Crippen molar-refractivity contribution in [3.63, 3.8) is 0 Å². The number of nitrogens with two attached hydrogens (primary N) is 1. The largest absolute Gasteiger partial charge is 0.508 e. The number of phenolic OH excluding ortho intramolecular Hbond substituents is 3. The normalized spacial score (nSPS) is 13.2. The Morgan fingerprint density at radius 3 is 2.00 bits per heavy atom. The van der Waals surface area contributed by atoms with Gasteiger partial charge in [-0.05, 0) is 5.56 Å². The van der Waals surface area contributed by atoms with Gasteiger partial charge in [-0.25, -0.2) is 0 Å². The Kier molecular flexibility index (Phi) is 5.84. The number of aromatic hydroxyl groups is 3. The Hall–Kier alpha value is -1.95. The zero-order valence-electron chi connectivity index (χ0n) is 11.2. The first-order valence-corrected chi connectivity index (χ1v) is 6.21. The number of aliphatic hydroxyl groups excluding tert-OH is 1. The first kappa shape index (κ1) is 17.1. The van der Waals surface area contributed by atoms with E-state index in [1.54, 1.807) is 0 Å². The molecular weight excluding hydrogens is 294 g/mol. The van der Waals surface area contributed by atoms with Crippen molar-refractivity contribution in [1.29, 1.82) is 0 Å². The average molecular weight is 312 g/mol. The topological polar surface area (TPSA) is 107 Å². The van der Waals surface area contributed by atoms with Crippen LogP contribution in [0, 0.1) is 0 Å². The number of phenols is 3. The molecule has 0 bridgehead atoms. The Bertz CT molecular complexity index is 568. The molecule has 0 unspecified atom stereocenters. The molecule has 6 heteroatoms. The molecule has 2 atom stereocenters. The summed E-state index contributed by atoms with van der Waals surface area (Å²) >= 11 is 0. The van der Waals surface area contributed by atoms with Crippen molar-refractivity contribution in [3.8, 4) is 17.2 Å². The van der Waals surface area contributed by atoms with Crippen LogP contribution in [0.15, 0.2) is 42.5 Å². The molecule has 0 amide bonds. The number of benzene rings is 2. The molecular formula is C15H18ClNO4. The summed E-state index contributed by atoms with van der Waals surface area (Å²) in [6.07, 6.45) is -0.680. The Labute approximate surface area is 128 Å². The number of halogens is 1. The van der Waals surface area contributed by atoms with Gasteiger partial charge < -0.3 is 26.2 Å². The molecule has 0 heterocycles. The second-order valence-corrected chi connectivity index (χ2v) is 4.68. The van der Waals surface area contributed by atoms with Crippen LogP contribution in [0.1, 0.15) is 17.2 Å². The molecule has 5 nitrogen and oxygen atoms in total. The molecule has 0 aliphatic rings. The molecule has 6 N–H and O–H groups in total. The second kappa shape index (κ2) is 7.17. The molecule has 2 rings (SSSR count). The standard InChI is InChI=1S/C15H17NO4.ClH/c16-15(13(20)6-9-4-2-1-3-5-9)14-11(18)7-10(17)8-12(14)19;/h1-5,7-8,13,15,17-20H,6,16H2;1H/t13-,15-;/m0./s1. The number of hydrogen-bond donors (Lipinski definition) is 5. The van der Waals surface area contributed by atoms with Crippen molar-refractivity contribution >= 4 is 12.4 Å². The van der Waals surface area contributed by atoms with Crippen molar-refractivity contribution < 1.29 is 20.4 Å². The van der Waals surface area contributed by atoms with Crippen molar-refractivity contribution in [1.82, 2.24) is 0 Å². The molecule has 0 aliphatic carbocycles. The number of rotatable bonds is 4. The Morgan fingerprint density at radius 2 is 1.48 bits per heavy atom. The van der Waals surface area contributed by atoms with E-state index in [2.05, 4.69) is 0 Å². The van der Waals surface area contributed by atoms with Crippen LogP contribution in [0.25, 0.3) is 0 Å². The monoisotopic (exact) mass is 311 g/mol. The zero-order valence-corrected chi connectivity index (χ0v) is 12.0. The third-order valence-electron chi connectivity index (χ3n) is 3.16. The molecule has 0 aliphatic heterocycles. The van der Waals surface area contributed by atoms with Gasteiger partial charge in [0.2, 0.25) is 0 Å². The summed E-state index contributed by atoms with van der Waals surface area (Å²) in [5.41, 5.74) is 6.80. The highest BCUT2D eigenvalue weighted by Gasteiger charge is 2.24. The summed E-state index contributed by atoms with van der Waals surface area (Å²) in [5, 5.41) is 38.9. The van der Waals surface area contributed by atoms with E-state index >= 15 is 0 Å². The van der Waals surface area contributed by atoms with Gasteiger partial charge in [0.1, 0.15) is 17.2 Å². The van der Waals surface area contributed by atoms with Crippen LogP contribution in [0.4, 0.5) is 0 Å². The SMILES string of the molecule is Cl.N[C@H](c1c(O)cc(O)cc1O)[C@@H](O)Cc1ccccc1. The zero-order chi connectivity index (χ0) is 14.7. The van der Waals surface area contributed by atoms with Gasteiger partial charge in [-0.2, -0.15) is 0 Å². The lowest BCUT2D eigenvalue weighted by Crippen LogP contribution is -2.28. The third kappa shape index (κ3) is 4.01. The van der Waals surface area contributed by atoms with E-state index < -0.39 is 12.1 Å². The lowest BCUT2D eigenvalue weighted by Gasteiger charge is -2.21. The predicted octanol–water partition coefficient (Wildman–Crippen LogP) is 1.83. The molecule has 114 valence electrons. The van der Waals surface area contributed by atoms with Crippen LogP contribution in [0.3, 0.4) is 0 Å². The first-order valence-electron chi connectivity index (χ1n) is 6.21. The minimum absolute atomic E-state index is 0. The Morgan fingerprint density at radius 1 is 0.952 bits per heavy atom. The van der Waals surface area contributed by atoms with E-state index in [1.807, 2.05) is 30.3 Å². The quantitative estimate of drug-likeness (QED) is 0.592. The van der Waals surface area contributed by atoms with Crippen LogP contribution in [-0.2, 0) is 6.42 Å². The Balaban J connectivity index is 0.00000220. The van der Waals surface area contributed by atoms with Crippen LogP contribution < -0.4 is 5.73 Å². The summed E-state index contributed by atoms with van der Waals surface area (Å²) in [6, 6.07) is 10.5. The van der Waals surface area contributed by atoms with Gasteiger partial charge in [0, 0.05) is 18.6 Å². The highest BCUT2D eigenvalue weighted by Crippen LogP contribution is 2.37. The smallest absolute Gasteiger partial charge is 0.127 e. The van der Waals surface area contributed by atoms with Crippen LogP contribution in [0.2, 0.25) is 0 Å². The maximum absolute atomic E-state index is 10.1. The van der Waals surface area contributed by atoms with Crippen molar-refractivity contribution in [2.24, 2.45) is 5.73 Å². The van der Waals surface area contributed by atoms with Gasteiger partial charge in [-0.3, -0.25) is 0 Å². The van der Waals surface area contributed by atoms with Gasteiger partial charge in [0.25, 0.3) is 0 Å². The first-order chi connectivity index (χ1) is 9.49. The minimum atomic E-state index is -0.973. The van der Waals surface area contributed by atoms with E-state index in [1.165, 1.54) is 0 Å². The molecule has 2 aromatic rings. The maximum atomic E-state index is 10.1. The third-order valence-corrected chi connectivity index (χ3v) is 3.16. The van der Waals surface area contributed by atoms with Gasteiger partial charge >= 0.3 is 0 Å². The van der Waals surface area contributed by atoms with Crippen LogP contribution >= 0.6 is 12.4 Å². The summed E-state index contributed by atoms with van der Waals surface area (Å²) < 4.78 is 0. The summed E-state index contributed by atoms with van der Waals surface area (Å²) in [7, 11) is 0.